The van der Waals surface area contributed by atoms with E-state index in [1.165, 1.54) is 12.4 Å². The van der Waals surface area contributed by atoms with E-state index < -0.39 is 23.7 Å². The third kappa shape index (κ3) is 5.96. The molecule has 0 saturated carbocycles. The van der Waals surface area contributed by atoms with E-state index in [9.17, 15) is 19.2 Å². The summed E-state index contributed by atoms with van der Waals surface area (Å²) in [5.74, 6) is -3.79. The van der Waals surface area contributed by atoms with Crippen molar-refractivity contribution in [3.05, 3.63) is 107 Å². The third-order valence-electron chi connectivity index (χ3n) is 7.10. The van der Waals surface area contributed by atoms with Crippen LogP contribution in [0.3, 0.4) is 0 Å². The van der Waals surface area contributed by atoms with E-state index >= 15 is 0 Å². The zero-order chi connectivity index (χ0) is 27.9. The van der Waals surface area contributed by atoms with E-state index in [1.54, 1.807) is 24.3 Å². The first kappa shape index (κ1) is 26.5. The van der Waals surface area contributed by atoms with Gasteiger partial charge in [-0.3, -0.25) is 19.2 Å². The van der Waals surface area contributed by atoms with E-state index in [0.717, 1.165) is 11.1 Å². The summed E-state index contributed by atoms with van der Waals surface area (Å²) in [4.78, 5) is 50.0. The molecule has 5 rings (SSSR count). The summed E-state index contributed by atoms with van der Waals surface area (Å²) in [7, 11) is 0. The van der Waals surface area contributed by atoms with E-state index in [0.29, 0.717) is 24.2 Å². The molecule has 4 atom stereocenters. The maximum atomic E-state index is 12.7. The summed E-state index contributed by atoms with van der Waals surface area (Å²) in [5.41, 5.74) is 8.21. The highest BCUT2D eigenvalue weighted by Crippen LogP contribution is 2.30. The van der Waals surface area contributed by atoms with Crippen molar-refractivity contribution in [1.82, 2.24) is 21.5 Å². The zero-order valence-electron chi connectivity index (χ0n) is 21.5. The summed E-state index contributed by atoms with van der Waals surface area (Å²) in [6, 6.07) is 26.0. The predicted molar refractivity (Wildman–Crippen MR) is 149 cm³/mol. The lowest BCUT2D eigenvalue weighted by Crippen LogP contribution is -2.34. The van der Waals surface area contributed by atoms with Gasteiger partial charge in [-0.2, -0.15) is 10.2 Å². The average Bonchev–Trinajstić information content (AvgIpc) is 3.57. The first-order valence-corrected chi connectivity index (χ1v) is 12.9. The van der Waals surface area contributed by atoms with Gasteiger partial charge in [0, 0.05) is 24.9 Å². The van der Waals surface area contributed by atoms with Gasteiger partial charge in [-0.1, -0.05) is 84.9 Å². The first-order chi connectivity index (χ1) is 19.5. The second-order valence-corrected chi connectivity index (χ2v) is 9.62. The molecule has 0 aliphatic carbocycles. The Labute approximate surface area is 230 Å². The summed E-state index contributed by atoms with van der Waals surface area (Å²) in [6.45, 7) is 0.797. The molecule has 10 heteroatoms. The molecule has 202 valence electrons. The number of carbonyl (C=O) groups is 4. The number of amides is 4. The van der Waals surface area contributed by atoms with Crippen LogP contribution in [0.2, 0.25) is 0 Å². The van der Waals surface area contributed by atoms with Crippen LogP contribution in [-0.2, 0) is 19.2 Å². The highest BCUT2D eigenvalue weighted by molar-refractivity contribution is 6.04. The molecule has 40 heavy (non-hydrogen) atoms. The molecule has 0 aromatic heterocycles. The lowest BCUT2D eigenvalue weighted by molar-refractivity contribution is -0.135. The van der Waals surface area contributed by atoms with Gasteiger partial charge in [-0.05, 0) is 22.3 Å². The first-order valence-electron chi connectivity index (χ1n) is 12.9. The van der Waals surface area contributed by atoms with Crippen LogP contribution in [0.15, 0.2) is 95.1 Å². The number of rotatable bonds is 8. The Morgan fingerprint density at radius 3 is 1.38 bits per heavy atom. The molecule has 2 aliphatic rings. The largest absolute Gasteiger partial charge is 0.355 e. The van der Waals surface area contributed by atoms with Crippen molar-refractivity contribution >= 4 is 36.1 Å². The van der Waals surface area contributed by atoms with E-state index in [4.69, 9.17) is 0 Å². The average molecular weight is 537 g/mol. The summed E-state index contributed by atoms with van der Waals surface area (Å²) < 4.78 is 0. The number of nitrogens with one attached hydrogen (secondary N) is 4. The van der Waals surface area contributed by atoms with Crippen LogP contribution in [0.4, 0.5) is 0 Å². The molecular weight excluding hydrogens is 508 g/mol. The number of nitrogens with zero attached hydrogens (tertiary/aromatic N) is 2. The lowest BCUT2D eigenvalue weighted by Gasteiger charge is -2.15. The van der Waals surface area contributed by atoms with Gasteiger partial charge in [0.15, 0.2) is 0 Å². The van der Waals surface area contributed by atoms with Gasteiger partial charge >= 0.3 is 0 Å². The Kier molecular flexibility index (Phi) is 8.05. The molecule has 0 unspecified atom stereocenters. The van der Waals surface area contributed by atoms with Gasteiger partial charge < -0.3 is 10.6 Å². The number of hydrazone groups is 2. The highest BCUT2D eigenvalue weighted by atomic mass is 16.2. The van der Waals surface area contributed by atoms with E-state index in [2.05, 4.69) is 31.7 Å². The quantitative estimate of drug-likeness (QED) is 0.197. The van der Waals surface area contributed by atoms with Crippen molar-refractivity contribution in [3.63, 3.8) is 0 Å². The number of carbonyl (C=O) groups excluding carboxylic acids is 4. The number of hydrogen-bond donors (Lipinski definition) is 4. The Morgan fingerprint density at radius 1 is 0.625 bits per heavy atom. The summed E-state index contributed by atoms with van der Waals surface area (Å²) in [5, 5.41) is 13.5. The molecule has 4 amide bonds. The molecule has 2 aliphatic heterocycles. The van der Waals surface area contributed by atoms with Crippen LogP contribution in [0, 0.1) is 11.8 Å². The zero-order valence-corrected chi connectivity index (χ0v) is 21.5. The monoisotopic (exact) mass is 536 g/mol. The fourth-order valence-corrected chi connectivity index (χ4v) is 5.01. The topological polar surface area (TPSA) is 141 Å². The normalized spacial score (nSPS) is 22.3. The van der Waals surface area contributed by atoms with Crippen LogP contribution >= 0.6 is 0 Å². The predicted octanol–water partition coefficient (Wildman–Crippen LogP) is 1.65. The van der Waals surface area contributed by atoms with Crippen molar-refractivity contribution < 1.29 is 19.2 Å². The Hall–Kier alpha value is -5.12. The minimum Gasteiger partial charge on any atom is -0.355 e. The second kappa shape index (κ2) is 12.2. The number of hydrogen-bond acceptors (Lipinski definition) is 6. The van der Waals surface area contributed by atoms with Crippen LogP contribution < -0.4 is 21.5 Å². The Morgan fingerprint density at radius 2 is 1.00 bits per heavy atom. The lowest BCUT2D eigenvalue weighted by atomic mass is 9.88. The fourth-order valence-electron chi connectivity index (χ4n) is 5.01. The Balaban J connectivity index is 1.14. The van der Waals surface area contributed by atoms with Crippen LogP contribution in [0.5, 0.6) is 0 Å². The summed E-state index contributed by atoms with van der Waals surface area (Å²) >= 11 is 0. The molecule has 0 bridgehead atoms. The maximum Gasteiger partial charge on any atom is 0.253 e. The van der Waals surface area contributed by atoms with Crippen molar-refractivity contribution in [3.8, 4) is 0 Å². The van der Waals surface area contributed by atoms with Gasteiger partial charge in [0.05, 0.1) is 12.4 Å². The van der Waals surface area contributed by atoms with Gasteiger partial charge in [-0.15, -0.1) is 0 Å². The second-order valence-electron chi connectivity index (χ2n) is 9.62. The highest BCUT2D eigenvalue weighted by Gasteiger charge is 2.41. The van der Waals surface area contributed by atoms with Crippen LogP contribution in [0.1, 0.15) is 34.1 Å². The van der Waals surface area contributed by atoms with Crippen molar-refractivity contribution in [1.29, 1.82) is 0 Å². The standard InChI is InChI=1S/C30H28N6O4/c37-27-25(23(17-31-27)21-7-3-1-4-8-21)29(39)35-33-15-19-11-13-20(14-12-19)16-34-36-30(40)26-24(18-32-28(26)38)22-9-5-2-6-10-22/h1-16,23-26H,17-18H2,(H,31,37)(H,32,38)(H,35,39)(H,36,40)/b33-15-,34-16-/t23-,24-,25-,26+/m1/s1. The minimum atomic E-state index is -0.855. The van der Waals surface area contributed by atoms with Crippen molar-refractivity contribution in [2.24, 2.45) is 22.0 Å². The Bertz CT molecular complexity index is 1330. The maximum absolute atomic E-state index is 12.7. The van der Waals surface area contributed by atoms with E-state index in [-0.39, 0.29) is 23.7 Å². The minimum absolute atomic E-state index is 0.254. The van der Waals surface area contributed by atoms with Crippen molar-refractivity contribution in [2.45, 2.75) is 11.8 Å². The summed E-state index contributed by atoms with van der Waals surface area (Å²) in [6.07, 6.45) is 2.96. The molecule has 0 spiro atoms. The molecule has 2 heterocycles. The molecule has 3 aromatic rings. The molecule has 2 saturated heterocycles. The molecule has 2 fully saturated rings. The molecule has 3 aromatic carbocycles. The molecule has 10 nitrogen and oxygen atoms in total. The van der Waals surface area contributed by atoms with E-state index in [1.807, 2.05) is 60.7 Å². The van der Waals surface area contributed by atoms with Gasteiger partial charge in [0.1, 0.15) is 11.8 Å². The van der Waals surface area contributed by atoms with Crippen LogP contribution in [-0.4, -0.2) is 49.1 Å². The number of benzene rings is 3. The van der Waals surface area contributed by atoms with Gasteiger partial charge in [-0.25, -0.2) is 10.9 Å². The SMILES string of the molecule is O=C1NC[C@H](c2ccccc2)[C@H]1C(=O)N/N=C\c1ccc(/C=N\NC(=O)[C@@H]2C(=O)NC[C@@H]2c2ccccc2)cc1. The van der Waals surface area contributed by atoms with Gasteiger partial charge in [0.2, 0.25) is 11.8 Å². The fraction of sp³-hybridized carbons (Fsp3) is 0.200. The van der Waals surface area contributed by atoms with Crippen LogP contribution in [0.25, 0.3) is 0 Å². The molecular formula is C30H28N6O4. The smallest absolute Gasteiger partial charge is 0.253 e. The van der Waals surface area contributed by atoms with Gasteiger partial charge in [0.25, 0.3) is 11.8 Å². The molecule has 0 radical (unpaired) electrons. The molecule has 4 N–H and O–H groups in total. The third-order valence-corrected chi connectivity index (χ3v) is 7.10. The van der Waals surface area contributed by atoms with Crippen molar-refractivity contribution in [2.75, 3.05) is 13.1 Å².